The van der Waals surface area contributed by atoms with E-state index >= 15 is 0 Å². The van der Waals surface area contributed by atoms with E-state index < -0.39 is 34.1 Å². The molecule has 0 fully saturated rings. The molecular weight excluding hydrogens is 709 g/mol. The molecule has 0 saturated heterocycles. The van der Waals surface area contributed by atoms with Gasteiger partial charge in [0, 0.05) is 23.0 Å². The minimum absolute atomic E-state index is 0.00169. The standard InChI is InChI=1S/C35H36BrCl2N3O4S/c1-24-13-16-29(17-14-24)46(44,45)41(28-15-18-30(37)31(38)21-28)23-33(42)40(22-26-11-8-12-27(36)19-26)32(34(43)39-35(2,3)4)20-25-9-6-5-7-10-25/h5-19,21,32H,20,22-23H2,1-4H3,(H,39,43)/t32-/m1/s1. The number of hydrogen-bond donors (Lipinski definition) is 1. The van der Waals surface area contributed by atoms with Crippen molar-refractivity contribution < 1.29 is 18.0 Å². The highest BCUT2D eigenvalue weighted by atomic mass is 79.9. The molecule has 1 N–H and O–H groups in total. The number of rotatable bonds is 11. The number of amides is 2. The van der Waals surface area contributed by atoms with Gasteiger partial charge in [0.15, 0.2) is 0 Å². The number of carbonyl (C=O) groups excluding carboxylic acids is 2. The SMILES string of the molecule is Cc1ccc(S(=O)(=O)N(CC(=O)N(Cc2cccc(Br)c2)[C@H](Cc2ccccc2)C(=O)NC(C)(C)C)c2ccc(Cl)c(Cl)c2)cc1. The summed E-state index contributed by atoms with van der Waals surface area (Å²) in [5, 5.41) is 3.40. The molecule has 0 aliphatic heterocycles. The van der Waals surface area contributed by atoms with E-state index in [1.807, 2.05) is 82.3 Å². The molecule has 11 heteroatoms. The molecule has 46 heavy (non-hydrogen) atoms. The molecule has 4 aromatic rings. The Morgan fingerprint density at radius 2 is 1.50 bits per heavy atom. The van der Waals surface area contributed by atoms with E-state index in [0.717, 1.165) is 25.5 Å². The molecule has 0 spiro atoms. The van der Waals surface area contributed by atoms with Crippen molar-refractivity contribution in [1.29, 1.82) is 0 Å². The van der Waals surface area contributed by atoms with Crippen molar-refractivity contribution in [2.24, 2.45) is 0 Å². The predicted molar refractivity (Wildman–Crippen MR) is 189 cm³/mol. The fraction of sp³-hybridized carbons (Fsp3) is 0.257. The Kier molecular flexibility index (Phi) is 11.6. The fourth-order valence-corrected chi connectivity index (χ4v) is 6.99. The van der Waals surface area contributed by atoms with Gasteiger partial charge < -0.3 is 10.2 Å². The van der Waals surface area contributed by atoms with Gasteiger partial charge in [-0.05, 0) is 81.3 Å². The molecule has 0 radical (unpaired) electrons. The first-order valence-corrected chi connectivity index (χ1v) is 17.6. The lowest BCUT2D eigenvalue weighted by atomic mass is 10.0. The third-order valence-electron chi connectivity index (χ3n) is 7.09. The highest BCUT2D eigenvalue weighted by Gasteiger charge is 2.35. The summed E-state index contributed by atoms with van der Waals surface area (Å²) < 4.78 is 30.2. The van der Waals surface area contributed by atoms with Crippen LogP contribution in [0.4, 0.5) is 5.69 Å². The molecule has 242 valence electrons. The van der Waals surface area contributed by atoms with Gasteiger partial charge in [-0.2, -0.15) is 0 Å². The van der Waals surface area contributed by atoms with Crippen molar-refractivity contribution in [2.45, 2.75) is 57.1 Å². The Hall–Kier alpha value is -3.37. The van der Waals surface area contributed by atoms with Crippen LogP contribution in [0.3, 0.4) is 0 Å². The van der Waals surface area contributed by atoms with E-state index in [-0.39, 0.29) is 39.5 Å². The summed E-state index contributed by atoms with van der Waals surface area (Å²) in [7, 11) is -4.27. The Morgan fingerprint density at radius 1 is 0.848 bits per heavy atom. The van der Waals surface area contributed by atoms with Gasteiger partial charge in [-0.1, -0.05) is 99.3 Å². The van der Waals surface area contributed by atoms with E-state index in [1.165, 1.54) is 35.2 Å². The quantitative estimate of drug-likeness (QED) is 0.170. The molecule has 7 nitrogen and oxygen atoms in total. The number of aryl methyl sites for hydroxylation is 1. The van der Waals surface area contributed by atoms with Crippen LogP contribution in [0.15, 0.2) is 106 Å². The zero-order chi connectivity index (χ0) is 33.6. The van der Waals surface area contributed by atoms with Gasteiger partial charge in [-0.15, -0.1) is 0 Å². The molecule has 0 bridgehead atoms. The van der Waals surface area contributed by atoms with Crippen LogP contribution in [-0.4, -0.2) is 43.3 Å². The molecule has 0 aliphatic carbocycles. The largest absolute Gasteiger partial charge is 0.350 e. The first-order valence-electron chi connectivity index (χ1n) is 14.6. The minimum atomic E-state index is -4.27. The van der Waals surface area contributed by atoms with Crippen molar-refractivity contribution in [3.8, 4) is 0 Å². The second-order valence-corrected chi connectivity index (χ2v) is 15.6. The smallest absolute Gasteiger partial charge is 0.264 e. The maximum absolute atomic E-state index is 14.6. The van der Waals surface area contributed by atoms with Gasteiger partial charge >= 0.3 is 0 Å². The second kappa shape index (κ2) is 15.0. The molecular formula is C35H36BrCl2N3O4S. The van der Waals surface area contributed by atoms with E-state index in [4.69, 9.17) is 23.2 Å². The van der Waals surface area contributed by atoms with Gasteiger partial charge in [0.05, 0.1) is 20.6 Å². The number of nitrogens with zero attached hydrogens (tertiary/aromatic N) is 2. The summed E-state index contributed by atoms with van der Waals surface area (Å²) in [6, 6.07) is 26.6. The maximum atomic E-state index is 14.6. The third kappa shape index (κ3) is 9.35. The highest BCUT2D eigenvalue weighted by Crippen LogP contribution is 2.31. The Bertz CT molecular complexity index is 1800. The van der Waals surface area contributed by atoms with E-state index in [0.29, 0.717) is 0 Å². The van der Waals surface area contributed by atoms with Crippen molar-refractivity contribution in [1.82, 2.24) is 10.2 Å². The number of sulfonamides is 1. The molecule has 0 saturated carbocycles. The van der Waals surface area contributed by atoms with Crippen LogP contribution in [0.2, 0.25) is 10.0 Å². The van der Waals surface area contributed by atoms with E-state index in [9.17, 15) is 18.0 Å². The van der Waals surface area contributed by atoms with Gasteiger partial charge in [0.25, 0.3) is 10.0 Å². The predicted octanol–water partition coefficient (Wildman–Crippen LogP) is 7.81. The van der Waals surface area contributed by atoms with Crippen molar-refractivity contribution in [3.63, 3.8) is 0 Å². The second-order valence-electron chi connectivity index (χ2n) is 12.0. The lowest BCUT2D eigenvalue weighted by Crippen LogP contribution is -2.56. The third-order valence-corrected chi connectivity index (χ3v) is 10.1. The van der Waals surface area contributed by atoms with Crippen molar-refractivity contribution in [3.05, 3.63) is 128 Å². The summed E-state index contributed by atoms with van der Waals surface area (Å²) in [5.41, 5.74) is 2.05. The lowest BCUT2D eigenvalue weighted by Gasteiger charge is -2.35. The number of benzene rings is 4. The molecule has 4 rings (SSSR count). The average Bonchev–Trinajstić information content (AvgIpc) is 2.99. The number of carbonyl (C=O) groups is 2. The molecule has 0 aromatic heterocycles. The average molecular weight is 746 g/mol. The van der Waals surface area contributed by atoms with Gasteiger partial charge in [0.2, 0.25) is 11.8 Å². The molecule has 2 amide bonds. The van der Waals surface area contributed by atoms with Crippen LogP contribution in [0.25, 0.3) is 0 Å². The zero-order valence-electron chi connectivity index (χ0n) is 26.0. The molecule has 4 aromatic carbocycles. The van der Waals surface area contributed by atoms with Gasteiger partial charge in [-0.25, -0.2) is 8.42 Å². The number of halogens is 3. The van der Waals surface area contributed by atoms with Gasteiger partial charge in [0.1, 0.15) is 12.6 Å². The number of nitrogens with one attached hydrogen (secondary N) is 1. The monoisotopic (exact) mass is 743 g/mol. The van der Waals surface area contributed by atoms with Crippen LogP contribution >= 0.6 is 39.1 Å². The summed E-state index contributed by atoms with van der Waals surface area (Å²) in [4.78, 5) is 30.0. The zero-order valence-corrected chi connectivity index (χ0v) is 29.9. The van der Waals surface area contributed by atoms with Crippen LogP contribution in [0.1, 0.15) is 37.5 Å². The van der Waals surface area contributed by atoms with Crippen LogP contribution in [-0.2, 0) is 32.6 Å². The molecule has 1 atom stereocenters. The summed E-state index contributed by atoms with van der Waals surface area (Å²) in [5.74, 6) is -0.936. The van der Waals surface area contributed by atoms with Gasteiger partial charge in [-0.3, -0.25) is 13.9 Å². The first kappa shape index (κ1) is 35.5. The van der Waals surface area contributed by atoms with Crippen LogP contribution in [0.5, 0.6) is 0 Å². The fourth-order valence-electron chi connectivity index (χ4n) is 4.85. The van der Waals surface area contributed by atoms with E-state index in [1.54, 1.807) is 12.1 Å². The van der Waals surface area contributed by atoms with Crippen LogP contribution < -0.4 is 9.62 Å². The normalized spacial score (nSPS) is 12.3. The number of hydrogen-bond acceptors (Lipinski definition) is 4. The molecule has 0 heterocycles. The highest BCUT2D eigenvalue weighted by molar-refractivity contribution is 9.10. The minimum Gasteiger partial charge on any atom is -0.350 e. The van der Waals surface area contributed by atoms with Crippen molar-refractivity contribution in [2.75, 3.05) is 10.8 Å². The summed E-state index contributed by atoms with van der Waals surface area (Å²) >= 11 is 16.0. The Labute approximate surface area is 289 Å². The summed E-state index contributed by atoms with van der Waals surface area (Å²) in [6.07, 6.45) is 0.208. The van der Waals surface area contributed by atoms with Crippen LogP contribution in [0, 0.1) is 6.92 Å². The molecule has 0 unspecified atom stereocenters. The summed E-state index contributed by atoms with van der Waals surface area (Å²) in [6.45, 7) is 6.90. The van der Waals surface area contributed by atoms with Crippen molar-refractivity contribution >= 4 is 66.7 Å². The first-order chi connectivity index (χ1) is 21.6. The molecule has 0 aliphatic rings. The number of anilines is 1. The Balaban J connectivity index is 1.84. The van der Waals surface area contributed by atoms with E-state index in [2.05, 4.69) is 21.2 Å². The topological polar surface area (TPSA) is 86.8 Å². The maximum Gasteiger partial charge on any atom is 0.264 e. The lowest BCUT2D eigenvalue weighted by molar-refractivity contribution is -0.140. The Morgan fingerprint density at radius 3 is 2.11 bits per heavy atom.